The van der Waals surface area contributed by atoms with Crippen LogP contribution in [0.3, 0.4) is 0 Å². The Kier molecular flexibility index (Phi) is 4.52. The van der Waals surface area contributed by atoms with E-state index in [1.54, 1.807) is 0 Å². The number of hydrogen-bond donors (Lipinski definition) is 0. The summed E-state index contributed by atoms with van der Waals surface area (Å²) in [6.45, 7) is 1.85. The maximum absolute atomic E-state index is 6.13. The zero-order valence-corrected chi connectivity index (χ0v) is 11.8. The third-order valence-corrected chi connectivity index (χ3v) is 4.68. The summed E-state index contributed by atoms with van der Waals surface area (Å²) < 4.78 is 0. The zero-order valence-electron chi connectivity index (χ0n) is 11.8. The lowest BCUT2D eigenvalue weighted by molar-refractivity contribution is -0.217. The molecule has 19 heavy (non-hydrogen) atoms. The quantitative estimate of drug-likeness (QED) is 0.805. The van der Waals surface area contributed by atoms with Gasteiger partial charge in [-0.3, -0.25) is 4.84 Å². The molecule has 1 saturated carbocycles. The number of benzene rings is 1. The van der Waals surface area contributed by atoms with Crippen LogP contribution in [0.2, 0.25) is 0 Å². The molecule has 2 aliphatic rings. The molecule has 2 heteroatoms. The van der Waals surface area contributed by atoms with Crippen molar-refractivity contribution in [1.29, 1.82) is 0 Å². The van der Waals surface area contributed by atoms with Crippen molar-refractivity contribution in [3.63, 3.8) is 0 Å². The largest absolute Gasteiger partial charge is 0.294 e. The third-order valence-electron chi connectivity index (χ3n) is 4.68. The standard InChI is InChI=1S/C17H25NO/c1-2-8-15(9-3-1)14-19-18-13-7-6-12-17(18)16-10-4-5-11-16/h1-3,8-9,16-17H,4-7,10-14H2. The normalized spacial score (nSPS) is 25.8. The molecule has 0 bridgehead atoms. The Morgan fingerprint density at radius 3 is 2.47 bits per heavy atom. The number of rotatable bonds is 4. The van der Waals surface area contributed by atoms with Crippen LogP contribution in [0.5, 0.6) is 0 Å². The van der Waals surface area contributed by atoms with E-state index in [1.165, 1.54) is 50.5 Å². The predicted molar refractivity (Wildman–Crippen MR) is 77.5 cm³/mol. The Hall–Kier alpha value is -0.860. The number of nitrogens with zero attached hydrogens (tertiary/aromatic N) is 1. The smallest absolute Gasteiger partial charge is 0.0936 e. The molecule has 1 saturated heterocycles. The van der Waals surface area contributed by atoms with Crippen LogP contribution in [0.4, 0.5) is 0 Å². The highest BCUT2D eigenvalue weighted by Crippen LogP contribution is 2.35. The molecular formula is C17H25NO. The van der Waals surface area contributed by atoms with E-state index in [-0.39, 0.29) is 0 Å². The van der Waals surface area contributed by atoms with Gasteiger partial charge in [0.05, 0.1) is 6.61 Å². The molecule has 1 aromatic rings. The first-order chi connectivity index (χ1) is 9.43. The minimum absolute atomic E-state index is 0.681. The van der Waals surface area contributed by atoms with Crippen LogP contribution < -0.4 is 0 Å². The lowest BCUT2D eigenvalue weighted by atomic mass is 9.90. The molecule has 0 aromatic heterocycles. The van der Waals surface area contributed by atoms with Gasteiger partial charge in [0, 0.05) is 12.6 Å². The highest BCUT2D eigenvalue weighted by Gasteiger charge is 2.32. The Balaban J connectivity index is 1.57. The van der Waals surface area contributed by atoms with Crippen molar-refractivity contribution in [3.05, 3.63) is 35.9 Å². The molecule has 1 unspecified atom stereocenters. The maximum Gasteiger partial charge on any atom is 0.0936 e. The number of hydrogen-bond acceptors (Lipinski definition) is 2. The number of hydroxylamine groups is 2. The van der Waals surface area contributed by atoms with Gasteiger partial charge in [-0.05, 0) is 37.2 Å². The first kappa shape index (κ1) is 13.1. The molecule has 2 nitrogen and oxygen atoms in total. The van der Waals surface area contributed by atoms with Crippen LogP contribution in [-0.2, 0) is 11.4 Å². The molecule has 104 valence electrons. The Morgan fingerprint density at radius 2 is 1.68 bits per heavy atom. The summed E-state index contributed by atoms with van der Waals surface area (Å²) in [4.78, 5) is 6.13. The van der Waals surface area contributed by atoms with Gasteiger partial charge in [-0.25, -0.2) is 0 Å². The molecule has 0 spiro atoms. The minimum atomic E-state index is 0.681. The van der Waals surface area contributed by atoms with Crippen LogP contribution in [0.25, 0.3) is 0 Å². The van der Waals surface area contributed by atoms with Gasteiger partial charge in [-0.15, -0.1) is 0 Å². The van der Waals surface area contributed by atoms with Crippen LogP contribution in [0, 0.1) is 5.92 Å². The van der Waals surface area contributed by atoms with Gasteiger partial charge >= 0.3 is 0 Å². The average molecular weight is 259 g/mol. The summed E-state index contributed by atoms with van der Waals surface area (Å²) in [6.07, 6.45) is 9.68. The van der Waals surface area contributed by atoms with Gasteiger partial charge in [-0.2, -0.15) is 5.06 Å². The van der Waals surface area contributed by atoms with Crippen molar-refractivity contribution in [3.8, 4) is 0 Å². The number of piperidine rings is 1. The molecule has 2 fully saturated rings. The zero-order chi connectivity index (χ0) is 12.9. The summed E-state index contributed by atoms with van der Waals surface area (Å²) in [7, 11) is 0. The van der Waals surface area contributed by atoms with Crippen molar-refractivity contribution in [2.75, 3.05) is 6.54 Å². The Labute approximate surface area is 116 Å². The summed E-state index contributed by atoms with van der Waals surface area (Å²) in [6, 6.07) is 11.2. The van der Waals surface area contributed by atoms with E-state index in [9.17, 15) is 0 Å². The fraction of sp³-hybridized carbons (Fsp3) is 0.647. The summed E-state index contributed by atoms with van der Waals surface area (Å²) in [5.74, 6) is 0.885. The lowest BCUT2D eigenvalue weighted by Gasteiger charge is -2.38. The van der Waals surface area contributed by atoms with E-state index < -0.39 is 0 Å². The highest BCUT2D eigenvalue weighted by molar-refractivity contribution is 5.13. The van der Waals surface area contributed by atoms with Crippen LogP contribution in [0.15, 0.2) is 30.3 Å². The molecule has 0 N–H and O–H groups in total. The molecule has 1 aliphatic heterocycles. The van der Waals surface area contributed by atoms with Crippen molar-refractivity contribution >= 4 is 0 Å². The first-order valence-electron chi connectivity index (χ1n) is 7.87. The van der Waals surface area contributed by atoms with Gasteiger partial charge in [0.2, 0.25) is 0 Å². The van der Waals surface area contributed by atoms with Crippen LogP contribution in [0.1, 0.15) is 50.5 Å². The van der Waals surface area contributed by atoms with Gasteiger partial charge in [0.1, 0.15) is 0 Å². The van der Waals surface area contributed by atoms with Crippen molar-refractivity contribution < 1.29 is 4.84 Å². The fourth-order valence-corrected chi connectivity index (χ4v) is 3.64. The second-order valence-corrected chi connectivity index (χ2v) is 6.01. The third kappa shape index (κ3) is 3.37. The molecule has 1 heterocycles. The summed E-state index contributed by atoms with van der Waals surface area (Å²) in [5, 5.41) is 2.31. The predicted octanol–water partition coefficient (Wildman–Crippen LogP) is 4.16. The Bertz CT molecular complexity index is 372. The van der Waals surface area contributed by atoms with E-state index >= 15 is 0 Å². The lowest BCUT2D eigenvalue weighted by Crippen LogP contribution is -2.43. The molecule has 0 radical (unpaired) electrons. The summed E-state index contributed by atoms with van der Waals surface area (Å²) in [5.41, 5.74) is 1.28. The second-order valence-electron chi connectivity index (χ2n) is 6.01. The van der Waals surface area contributed by atoms with E-state index in [4.69, 9.17) is 4.84 Å². The molecule has 3 rings (SSSR count). The van der Waals surface area contributed by atoms with Crippen molar-refractivity contribution in [2.45, 2.75) is 57.6 Å². The van der Waals surface area contributed by atoms with Gasteiger partial charge in [0.25, 0.3) is 0 Å². The van der Waals surface area contributed by atoms with Gasteiger partial charge in [-0.1, -0.05) is 49.6 Å². The fourth-order valence-electron chi connectivity index (χ4n) is 3.64. The molecule has 1 aromatic carbocycles. The average Bonchev–Trinajstić information content (AvgIpc) is 3.01. The monoisotopic (exact) mass is 259 g/mol. The second kappa shape index (κ2) is 6.53. The van der Waals surface area contributed by atoms with Crippen molar-refractivity contribution in [1.82, 2.24) is 5.06 Å². The van der Waals surface area contributed by atoms with Crippen molar-refractivity contribution in [2.24, 2.45) is 5.92 Å². The molecule has 0 amide bonds. The molecular weight excluding hydrogens is 234 g/mol. The molecule has 1 atom stereocenters. The van der Waals surface area contributed by atoms with E-state index in [0.29, 0.717) is 6.04 Å². The van der Waals surface area contributed by atoms with Crippen LogP contribution >= 0.6 is 0 Å². The van der Waals surface area contributed by atoms with Gasteiger partial charge in [0.15, 0.2) is 0 Å². The summed E-state index contributed by atoms with van der Waals surface area (Å²) >= 11 is 0. The molecule has 1 aliphatic carbocycles. The Morgan fingerprint density at radius 1 is 0.947 bits per heavy atom. The maximum atomic E-state index is 6.13. The first-order valence-corrected chi connectivity index (χ1v) is 7.87. The minimum Gasteiger partial charge on any atom is -0.294 e. The SMILES string of the molecule is c1ccc(CON2CCCCC2C2CCCC2)cc1. The highest BCUT2D eigenvalue weighted by atomic mass is 16.7. The van der Waals surface area contributed by atoms with Crippen LogP contribution in [-0.4, -0.2) is 17.6 Å². The topological polar surface area (TPSA) is 12.5 Å². The van der Waals surface area contributed by atoms with Gasteiger partial charge < -0.3 is 0 Å². The van der Waals surface area contributed by atoms with E-state index in [2.05, 4.69) is 35.4 Å². The van der Waals surface area contributed by atoms with E-state index in [1.807, 2.05) is 0 Å². The van der Waals surface area contributed by atoms with E-state index in [0.717, 1.165) is 19.1 Å².